The molecule has 3 N–H and O–H groups in total. The topological polar surface area (TPSA) is 221 Å². The summed E-state index contributed by atoms with van der Waals surface area (Å²) < 4.78 is 31.1. The van der Waals surface area contributed by atoms with Crippen LogP contribution in [0.25, 0.3) is 0 Å². The van der Waals surface area contributed by atoms with E-state index in [2.05, 4.69) is 10.6 Å². The van der Waals surface area contributed by atoms with Gasteiger partial charge in [0.1, 0.15) is 5.70 Å². The van der Waals surface area contributed by atoms with Crippen LogP contribution in [-0.2, 0) is 37.1 Å². The second-order valence-electron chi connectivity index (χ2n) is 13.9. The molecule has 2 amide bonds. The summed E-state index contributed by atoms with van der Waals surface area (Å²) >= 11 is 1.37. The fourth-order valence-electron chi connectivity index (χ4n) is 6.93. The van der Waals surface area contributed by atoms with E-state index in [1.807, 2.05) is 6.92 Å². The van der Waals surface area contributed by atoms with Gasteiger partial charge in [-0.05, 0) is 31.5 Å². The largest absolute Gasteiger partial charge is 0.519 e. The number of benzene rings is 1. The lowest BCUT2D eigenvalue weighted by atomic mass is 9.79. The summed E-state index contributed by atoms with van der Waals surface area (Å²) in [7, 11) is 0. The normalized spacial score (nSPS) is 23.0. The number of rotatable bonds is 13. The number of carbonyl (C=O) groups is 4. The molecule has 0 bridgehead atoms. The van der Waals surface area contributed by atoms with E-state index in [4.69, 9.17) is 27.1 Å². The van der Waals surface area contributed by atoms with Gasteiger partial charge >= 0.3 is 23.6 Å². The lowest BCUT2D eigenvalue weighted by Gasteiger charge is -2.46. The van der Waals surface area contributed by atoms with Gasteiger partial charge in [-0.2, -0.15) is 0 Å². The molecule has 0 radical (unpaired) electrons. The molecule has 0 saturated carbocycles. The highest BCUT2D eigenvalue weighted by atomic mass is 32.2. The number of nitrogens with one attached hydrogen (secondary N) is 2. The van der Waals surface area contributed by atoms with Gasteiger partial charge in [-0.25, -0.2) is 19.2 Å². The van der Waals surface area contributed by atoms with Crippen molar-refractivity contribution in [3.63, 3.8) is 0 Å². The Morgan fingerprint density at radius 1 is 0.943 bits per heavy atom. The number of aliphatic hydroxyl groups excluding tert-OH is 1. The summed E-state index contributed by atoms with van der Waals surface area (Å²) in [5, 5.41) is 16.2. The van der Waals surface area contributed by atoms with Crippen LogP contribution in [0.5, 0.6) is 0 Å². The number of β-lactam (4-membered cyclic amide) rings is 1. The molecule has 2 aromatic heterocycles. The van der Waals surface area contributed by atoms with Crippen LogP contribution < -0.4 is 22.3 Å². The molecule has 3 aliphatic heterocycles. The van der Waals surface area contributed by atoms with Crippen molar-refractivity contribution in [2.45, 2.75) is 96.5 Å². The fraction of sp³-hybridized carbons (Fsp3) is 0.500. The molecular formula is C36H41N3O13S. The fourth-order valence-corrected chi connectivity index (χ4v) is 8.40. The van der Waals surface area contributed by atoms with E-state index < -0.39 is 53.6 Å². The minimum absolute atomic E-state index is 0.0679. The number of esters is 2. The molecule has 17 heteroatoms. The molecular weight excluding hydrogens is 714 g/mol. The lowest BCUT2D eigenvalue weighted by molar-refractivity contribution is -0.164. The highest BCUT2D eigenvalue weighted by Crippen LogP contribution is 2.52. The molecule has 2 fully saturated rings. The van der Waals surface area contributed by atoms with E-state index in [9.17, 15) is 33.9 Å². The zero-order chi connectivity index (χ0) is 38.3. The maximum atomic E-state index is 13.6. The number of carbonyl (C=O) groups excluding carboxylic acids is 4. The van der Waals surface area contributed by atoms with E-state index in [0.717, 1.165) is 0 Å². The molecule has 284 valence electrons. The minimum atomic E-state index is -0.931. The van der Waals surface area contributed by atoms with Crippen LogP contribution in [-0.4, -0.2) is 63.7 Å². The third-order valence-corrected chi connectivity index (χ3v) is 10.9. The molecule has 2 saturated heterocycles. The number of hydrogen-bond donors (Lipinski definition) is 3. The third kappa shape index (κ3) is 7.63. The third-order valence-electron chi connectivity index (χ3n) is 9.44. The molecule has 3 aliphatic rings. The molecule has 6 atom stereocenters. The average molecular weight is 756 g/mol. The van der Waals surface area contributed by atoms with Gasteiger partial charge in [0.25, 0.3) is 0 Å². The number of nitrogens with zero attached hydrogens (tertiary/aromatic N) is 1. The van der Waals surface area contributed by atoms with Crippen molar-refractivity contribution in [1.29, 1.82) is 0 Å². The summed E-state index contributed by atoms with van der Waals surface area (Å²) in [4.78, 5) is 78.2. The molecule has 0 spiro atoms. The smallest absolute Gasteiger partial charge is 0.454 e. The summed E-state index contributed by atoms with van der Waals surface area (Å²) in [6, 6.07) is 5.15. The van der Waals surface area contributed by atoms with Gasteiger partial charge in [-0.15, -0.1) is 11.8 Å². The van der Waals surface area contributed by atoms with E-state index in [0.29, 0.717) is 29.3 Å². The highest BCUT2D eigenvalue weighted by Gasteiger charge is 2.60. The Balaban J connectivity index is 1.11. The summed E-state index contributed by atoms with van der Waals surface area (Å²) in [5.74, 6) is -4.62. The lowest BCUT2D eigenvalue weighted by Crippen LogP contribution is -2.63. The van der Waals surface area contributed by atoms with E-state index >= 15 is 0 Å². The molecule has 0 unspecified atom stereocenters. The SMILES string of the molecule is CC(C)c1oc(=O)oc1COC(=O)C1=C(S[C@@H]2CN[C@H](C(=O)Nc3cccc(C(=O)OCc4oc(=O)oc4C(C)C)c3)C2)[C@H](C)[C@@H]2[C@@H]([C@@H](C)O)C(=O)N12. The molecule has 1 aromatic carbocycles. The van der Waals surface area contributed by atoms with E-state index in [1.165, 1.54) is 35.7 Å². The van der Waals surface area contributed by atoms with Crippen molar-refractivity contribution in [2.24, 2.45) is 11.8 Å². The Labute approximate surface area is 307 Å². The predicted molar refractivity (Wildman–Crippen MR) is 186 cm³/mol. The number of ether oxygens (including phenoxy) is 2. The van der Waals surface area contributed by atoms with Crippen LogP contribution in [0, 0.1) is 11.8 Å². The van der Waals surface area contributed by atoms with Crippen molar-refractivity contribution in [1.82, 2.24) is 10.2 Å². The number of amides is 2. The van der Waals surface area contributed by atoms with Gasteiger partial charge in [0.05, 0.1) is 29.7 Å². The first-order valence-corrected chi connectivity index (χ1v) is 18.2. The van der Waals surface area contributed by atoms with Gasteiger partial charge in [0, 0.05) is 40.1 Å². The Hall–Kier alpha value is -4.87. The van der Waals surface area contributed by atoms with Crippen LogP contribution in [0.3, 0.4) is 0 Å². The van der Waals surface area contributed by atoms with Gasteiger partial charge in [0.15, 0.2) is 36.3 Å². The quantitative estimate of drug-likeness (QED) is 0.168. The van der Waals surface area contributed by atoms with Gasteiger partial charge < -0.3 is 47.8 Å². The van der Waals surface area contributed by atoms with Crippen molar-refractivity contribution < 1.29 is 51.4 Å². The average Bonchev–Trinajstić information content (AvgIpc) is 3.87. The second-order valence-corrected chi connectivity index (χ2v) is 15.3. The number of anilines is 1. The highest BCUT2D eigenvalue weighted by molar-refractivity contribution is 8.03. The van der Waals surface area contributed by atoms with Crippen LogP contribution in [0.2, 0.25) is 0 Å². The maximum Gasteiger partial charge on any atom is 0.519 e. The minimum Gasteiger partial charge on any atom is -0.454 e. The summed E-state index contributed by atoms with van der Waals surface area (Å²) in [5.41, 5.74) is 0.593. The first kappa shape index (κ1) is 37.9. The molecule has 6 rings (SSSR count). The van der Waals surface area contributed by atoms with Crippen LogP contribution in [0.15, 0.2) is 62.1 Å². The molecule has 0 aliphatic carbocycles. The number of thioether (sulfide) groups is 1. The van der Waals surface area contributed by atoms with Crippen LogP contribution in [0.4, 0.5) is 5.69 Å². The molecule has 53 heavy (non-hydrogen) atoms. The summed E-state index contributed by atoms with van der Waals surface area (Å²) in [6.07, 6.45) is -0.554. The van der Waals surface area contributed by atoms with Gasteiger partial charge in [-0.3, -0.25) is 9.59 Å². The first-order chi connectivity index (χ1) is 25.1. The van der Waals surface area contributed by atoms with Crippen LogP contribution >= 0.6 is 11.8 Å². The Morgan fingerprint density at radius 2 is 1.55 bits per heavy atom. The monoisotopic (exact) mass is 755 g/mol. The second kappa shape index (κ2) is 15.2. The maximum absolute atomic E-state index is 13.6. The summed E-state index contributed by atoms with van der Waals surface area (Å²) in [6.45, 7) is 10.3. The Kier molecular flexibility index (Phi) is 10.9. The Bertz CT molecular complexity index is 2050. The number of fused-ring (bicyclic) bond motifs is 1. The van der Waals surface area contributed by atoms with Crippen molar-refractivity contribution >= 4 is 41.2 Å². The standard InChI is InChI=1S/C36H41N3O13S/c1-15(2)28-23(49-35(45)51-28)13-47-33(43)19-8-7-9-20(10-19)38-31(41)22-11-21(12-37-22)53-30-17(5)26-25(18(6)40)32(42)39(26)27(30)34(44)48-14-24-29(16(3)4)52-36(46)50-24/h7-10,15-18,21-22,25-26,37,40H,11-14H2,1-6H3,(H,38,41)/t17-,18-,21+,22+,25-,26-/m1/s1. The van der Waals surface area contributed by atoms with Crippen LogP contribution in [0.1, 0.15) is 93.2 Å². The zero-order valence-electron chi connectivity index (χ0n) is 30.0. The predicted octanol–water partition coefficient (Wildman–Crippen LogP) is 3.60. The Morgan fingerprint density at radius 3 is 2.13 bits per heavy atom. The van der Waals surface area contributed by atoms with E-state index in [-0.39, 0.29) is 70.7 Å². The first-order valence-electron chi connectivity index (χ1n) is 17.3. The van der Waals surface area contributed by atoms with Gasteiger partial charge in [-0.1, -0.05) is 40.7 Å². The number of hydrogen-bond acceptors (Lipinski definition) is 15. The van der Waals surface area contributed by atoms with Crippen molar-refractivity contribution in [3.05, 3.63) is 84.7 Å². The van der Waals surface area contributed by atoms with Gasteiger partial charge in [0.2, 0.25) is 11.8 Å². The number of aliphatic hydroxyl groups is 1. The van der Waals surface area contributed by atoms with E-state index in [1.54, 1.807) is 39.8 Å². The zero-order valence-corrected chi connectivity index (χ0v) is 30.8. The molecule has 5 heterocycles. The molecule has 3 aromatic rings. The van der Waals surface area contributed by atoms with Crippen molar-refractivity contribution in [2.75, 3.05) is 11.9 Å². The van der Waals surface area contributed by atoms with Crippen molar-refractivity contribution in [3.8, 4) is 0 Å². The molecule has 16 nitrogen and oxygen atoms in total.